The average Bonchev–Trinajstić information content (AvgIpc) is 3.12. The number of rotatable bonds is 6. The van der Waals surface area contributed by atoms with Gasteiger partial charge >= 0.3 is 0 Å². The molecule has 7 heteroatoms. The monoisotopic (exact) mass is 415 g/mol. The molecule has 1 aliphatic heterocycles. The largest absolute Gasteiger partial charge is 0.493 e. The van der Waals surface area contributed by atoms with Crippen molar-refractivity contribution in [2.75, 3.05) is 19.5 Å². The third-order valence-corrected chi connectivity index (χ3v) is 5.13. The zero-order chi connectivity index (χ0) is 22.0. The second kappa shape index (κ2) is 8.31. The van der Waals surface area contributed by atoms with E-state index >= 15 is 0 Å². The number of ether oxygens (including phenoxy) is 2. The van der Waals surface area contributed by atoms with E-state index in [1.165, 1.54) is 0 Å². The van der Waals surface area contributed by atoms with Crippen LogP contribution in [-0.2, 0) is 4.79 Å². The van der Waals surface area contributed by atoms with Crippen LogP contribution in [-0.4, -0.2) is 31.7 Å². The minimum absolute atomic E-state index is 0.222. The zero-order valence-electron chi connectivity index (χ0n) is 17.1. The van der Waals surface area contributed by atoms with E-state index in [9.17, 15) is 9.59 Å². The van der Waals surface area contributed by atoms with Crippen molar-refractivity contribution in [1.29, 1.82) is 0 Å². The van der Waals surface area contributed by atoms with E-state index in [1.807, 2.05) is 30.3 Å². The Morgan fingerprint density at radius 2 is 1.68 bits per heavy atom. The summed E-state index contributed by atoms with van der Waals surface area (Å²) >= 11 is 0. The number of nitrogens with two attached hydrogens (primary N) is 1. The molecule has 0 saturated carbocycles. The molecule has 3 aromatic rings. The van der Waals surface area contributed by atoms with Gasteiger partial charge in [-0.1, -0.05) is 36.4 Å². The van der Waals surface area contributed by atoms with Gasteiger partial charge in [0, 0.05) is 17.3 Å². The van der Waals surface area contributed by atoms with Gasteiger partial charge in [-0.25, -0.2) is 0 Å². The highest BCUT2D eigenvalue weighted by Gasteiger charge is 2.35. The number of methoxy groups -OCH3 is 2. The summed E-state index contributed by atoms with van der Waals surface area (Å²) in [4.78, 5) is 29.4. The molecule has 0 fully saturated rings. The summed E-state index contributed by atoms with van der Waals surface area (Å²) in [6, 6.07) is 19.8. The smallest absolute Gasteiger partial charge is 0.248 e. The Kier molecular flexibility index (Phi) is 5.41. The number of carbonyl (C=O) groups is 2. The first-order valence-electron chi connectivity index (χ1n) is 9.62. The van der Waals surface area contributed by atoms with E-state index < -0.39 is 11.8 Å². The molecule has 3 aromatic carbocycles. The lowest BCUT2D eigenvalue weighted by atomic mass is 9.90. The minimum Gasteiger partial charge on any atom is -0.493 e. The standard InChI is InChI=1S/C24H21N3O4/c1-30-19-11-9-16(13-20(19)31-2)26-22(14-6-4-3-5-7-14)21-17-10-8-15(23(25)28)12-18(17)27-24(21)29/h3-13,21H,1-2H3,(H2,25,28)(H,27,29). The van der Waals surface area contributed by atoms with Gasteiger partial charge in [0.05, 0.1) is 25.6 Å². The summed E-state index contributed by atoms with van der Waals surface area (Å²) in [5.74, 6) is -0.293. The summed E-state index contributed by atoms with van der Waals surface area (Å²) < 4.78 is 10.7. The lowest BCUT2D eigenvalue weighted by molar-refractivity contribution is -0.115. The van der Waals surface area contributed by atoms with Gasteiger partial charge in [-0.2, -0.15) is 0 Å². The molecule has 0 saturated heterocycles. The van der Waals surface area contributed by atoms with E-state index in [-0.39, 0.29) is 5.91 Å². The summed E-state index contributed by atoms with van der Waals surface area (Å²) in [7, 11) is 3.12. The quantitative estimate of drug-likeness (QED) is 0.600. The van der Waals surface area contributed by atoms with E-state index in [0.29, 0.717) is 34.1 Å². The Balaban J connectivity index is 1.86. The van der Waals surface area contributed by atoms with Gasteiger partial charge in [0.15, 0.2) is 11.5 Å². The molecule has 31 heavy (non-hydrogen) atoms. The molecule has 2 amide bonds. The van der Waals surface area contributed by atoms with E-state index in [2.05, 4.69) is 5.32 Å². The number of anilines is 1. The molecule has 0 bridgehead atoms. The topological polar surface area (TPSA) is 103 Å². The van der Waals surface area contributed by atoms with E-state index in [4.69, 9.17) is 20.2 Å². The number of nitrogens with one attached hydrogen (secondary N) is 1. The molecule has 4 rings (SSSR count). The number of hydrogen-bond acceptors (Lipinski definition) is 5. The highest BCUT2D eigenvalue weighted by molar-refractivity contribution is 6.24. The number of nitrogens with zero attached hydrogens (tertiary/aromatic N) is 1. The Morgan fingerprint density at radius 3 is 2.35 bits per heavy atom. The van der Waals surface area contributed by atoms with Crippen LogP contribution in [0.4, 0.5) is 11.4 Å². The number of hydrogen-bond donors (Lipinski definition) is 2. The van der Waals surface area contributed by atoms with Gasteiger partial charge in [0.1, 0.15) is 5.92 Å². The molecule has 0 spiro atoms. The molecule has 0 radical (unpaired) electrons. The van der Waals surface area contributed by atoms with Crippen LogP contribution in [0.2, 0.25) is 0 Å². The average molecular weight is 415 g/mol. The fourth-order valence-corrected chi connectivity index (χ4v) is 3.63. The number of carbonyl (C=O) groups excluding carboxylic acids is 2. The summed E-state index contributed by atoms with van der Waals surface area (Å²) in [5.41, 5.74) is 9.01. The molecule has 1 atom stereocenters. The maximum atomic E-state index is 13.0. The Bertz CT molecular complexity index is 1190. The summed E-state index contributed by atoms with van der Waals surface area (Å²) in [6.45, 7) is 0. The Hall–Kier alpha value is -4.13. The molecule has 7 nitrogen and oxygen atoms in total. The molecule has 1 unspecified atom stereocenters. The third-order valence-electron chi connectivity index (χ3n) is 5.13. The number of primary amides is 1. The van der Waals surface area contributed by atoms with E-state index in [0.717, 1.165) is 11.1 Å². The Morgan fingerprint density at radius 1 is 0.935 bits per heavy atom. The van der Waals surface area contributed by atoms with Crippen molar-refractivity contribution in [1.82, 2.24) is 0 Å². The lowest BCUT2D eigenvalue weighted by Crippen LogP contribution is -2.21. The van der Waals surface area contributed by atoms with Crippen molar-refractivity contribution in [3.8, 4) is 11.5 Å². The normalized spacial score (nSPS) is 15.2. The predicted molar refractivity (Wildman–Crippen MR) is 119 cm³/mol. The van der Waals surface area contributed by atoms with Crippen molar-refractivity contribution in [3.63, 3.8) is 0 Å². The fourth-order valence-electron chi connectivity index (χ4n) is 3.63. The van der Waals surface area contributed by atoms with Crippen molar-refractivity contribution in [2.24, 2.45) is 10.7 Å². The summed E-state index contributed by atoms with van der Waals surface area (Å²) in [6.07, 6.45) is 0. The minimum atomic E-state index is -0.646. The van der Waals surface area contributed by atoms with Crippen LogP contribution < -0.4 is 20.5 Å². The molecule has 0 aromatic heterocycles. The molecule has 3 N–H and O–H groups in total. The van der Waals surface area contributed by atoms with Gasteiger partial charge in [-0.3, -0.25) is 14.6 Å². The molecular formula is C24H21N3O4. The number of aliphatic imine (C=N–C) groups is 1. The van der Waals surface area contributed by atoms with Gasteiger partial charge in [0.25, 0.3) is 0 Å². The lowest BCUT2D eigenvalue weighted by Gasteiger charge is -2.15. The molecule has 156 valence electrons. The maximum absolute atomic E-state index is 13.0. The first-order chi connectivity index (χ1) is 15.0. The highest BCUT2D eigenvalue weighted by atomic mass is 16.5. The fraction of sp³-hybridized carbons (Fsp3) is 0.125. The molecule has 1 heterocycles. The van der Waals surface area contributed by atoms with Crippen LogP contribution in [0.1, 0.15) is 27.4 Å². The van der Waals surface area contributed by atoms with Crippen LogP contribution in [0.25, 0.3) is 0 Å². The first kappa shape index (κ1) is 20.2. The SMILES string of the molecule is COc1ccc(N=C(c2ccccc2)C2C(=O)Nc3cc(C(N)=O)ccc32)cc1OC. The second-order valence-electron chi connectivity index (χ2n) is 6.99. The number of fused-ring (bicyclic) bond motifs is 1. The second-order valence-corrected chi connectivity index (χ2v) is 6.99. The maximum Gasteiger partial charge on any atom is 0.248 e. The molecule has 0 aliphatic carbocycles. The van der Waals surface area contributed by atoms with Gasteiger partial charge < -0.3 is 20.5 Å². The van der Waals surface area contributed by atoms with Crippen LogP contribution in [0.15, 0.2) is 71.7 Å². The summed E-state index contributed by atoms with van der Waals surface area (Å²) in [5, 5.41) is 2.85. The van der Waals surface area contributed by atoms with Gasteiger partial charge in [-0.15, -0.1) is 0 Å². The third kappa shape index (κ3) is 3.85. The highest BCUT2D eigenvalue weighted by Crippen LogP contribution is 2.38. The van der Waals surface area contributed by atoms with Crippen LogP contribution in [0.5, 0.6) is 11.5 Å². The zero-order valence-corrected chi connectivity index (χ0v) is 17.1. The van der Waals surface area contributed by atoms with E-state index in [1.54, 1.807) is 50.6 Å². The van der Waals surface area contributed by atoms with Crippen LogP contribution in [0.3, 0.4) is 0 Å². The van der Waals surface area contributed by atoms with Crippen LogP contribution in [0, 0.1) is 0 Å². The van der Waals surface area contributed by atoms with Crippen molar-refractivity contribution in [3.05, 3.63) is 83.4 Å². The van der Waals surface area contributed by atoms with Gasteiger partial charge in [-0.05, 0) is 35.4 Å². The number of benzene rings is 3. The van der Waals surface area contributed by atoms with Crippen molar-refractivity contribution >= 4 is 28.9 Å². The van der Waals surface area contributed by atoms with Gasteiger partial charge in [0.2, 0.25) is 11.8 Å². The Labute approximate surface area is 179 Å². The van der Waals surface area contributed by atoms with Crippen molar-refractivity contribution in [2.45, 2.75) is 5.92 Å². The first-order valence-corrected chi connectivity index (χ1v) is 9.62. The molecular weight excluding hydrogens is 394 g/mol. The van der Waals surface area contributed by atoms with Crippen molar-refractivity contribution < 1.29 is 19.1 Å². The predicted octanol–water partition coefficient (Wildman–Crippen LogP) is 3.66. The van der Waals surface area contributed by atoms with Crippen LogP contribution >= 0.6 is 0 Å². The molecule has 1 aliphatic rings. The number of amides is 2.